The first-order valence-electron chi connectivity index (χ1n) is 13.7. The smallest absolute Gasteiger partial charge is 0.246 e. The number of halogens is 1. The predicted molar refractivity (Wildman–Crippen MR) is 161 cm³/mol. The third-order valence-electron chi connectivity index (χ3n) is 7.17. The van der Waals surface area contributed by atoms with E-state index in [1.807, 2.05) is 64.4 Å². The zero-order valence-electron chi connectivity index (χ0n) is 24.1. The highest BCUT2D eigenvalue weighted by Crippen LogP contribution is 2.29. The number of β-amino-alcohol motifs (C(OH)–C–C–N with tert-alkyl or cyclic N) is 1. The van der Waals surface area contributed by atoms with Crippen molar-refractivity contribution in [1.29, 1.82) is 0 Å². The molecule has 1 aromatic carbocycles. The topological polar surface area (TPSA) is 138 Å². The van der Waals surface area contributed by atoms with Gasteiger partial charge in [-0.1, -0.05) is 51.5 Å². The Morgan fingerprint density at radius 3 is 2.40 bits per heavy atom. The molecule has 1 aliphatic heterocycles. The molecule has 2 aromatic rings. The third-order valence-corrected chi connectivity index (χ3v) is 8.15. The quantitative estimate of drug-likeness (QED) is 0.293. The molecule has 1 aromatic heterocycles. The van der Waals surface area contributed by atoms with Crippen LogP contribution in [0.2, 0.25) is 0 Å². The molecule has 0 spiro atoms. The number of hydrogen-bond donors (Lipinski definition) is 4. The average molecular weight is 594 g/mol. The van der Waals surface area contributed by atoms with Gasteiger partial charge in [0.25, 0.3) is 0 Å². The van der Waals surface area contributed by atoms with Gasteiger partial charge in [-0.3, -0.25) is 14.4 Å². The van der Waals surface area contributed by atoms with Gasteiger partial charge in [0.05, 0.1) is 28.2 Å². The summed E-state index contributed by atoms with van der Waals surface area (Å²) in [5.74, 6) is -0.881. The molecule has 0 radical (unpaired) electrons. The highest BCUT2D eigenvalue weighted by atomic mass is 35.5. The van der Waals surface area contributed by atoms with Crippen molar-refractivity contribution in [1.82, 2.24) is 20.5 Å². The third kappa shape index (κ3) is 8.73. The van der Waals surface area contributed by atoms with Crippen LogP contribution in [0.5, 0.6) is 0 Å². The molecule has 4 atom stereocenters. The van der Waals surface area contributed by atoms with E-state index in [0.29, 0.717) is 19.4 Å². The maximum absolute atomic E-state index is 13.7. The Kier molecular flexibility index (Phi) is 12.6. The van der Waals surface area contributed by atoms with Gasteiger partial charge < -0.3 is 26.4 Å². The first-order chi connectivity index (χ1) is 18.4. The second kappa shape index (κ2) is 14.9. The number of nitrogens with two attached hydrogens (primary N) is 1. The zero-order valence-corrected chi connectivity index (χ0v) is 25.7. The van der Waals surface area contributed by atoms with Crippen molar-refractivity contribution in [2.75, 3.05) is 13.1 Å². The molecule has 2 unspecified atom stereocenters. The van der Waals surface area contributed by atoms with Crippen LogP contribution in [0, 0.1) is 12.3 Å². The minimum Gasteiger partial charge on any atom is -0.391 e. The molecule has 0 saturated carbocycles. The number of unbranched alkanes of at least 4 members (excludes halogenated alkanes) is 2. The van der Waals surface area contributed by atoms with Crippen LogP contribution < -0.4 is 16.4 Å². The molecule has 11 heteroatoms. The lowest BCUT2D eigenvalue weighted by Crippen LogP contribution is -2.57. The predicted octanol–water partition coefficient (Wildman–Crippen LogP) is 3.73. The number of aromatic nitrogens is 1. The van der Waals surface area contributed by atoms with Crippen LogP contribution in [0.3, 0.4) is 0 Å². The van der Waals surface area contributed by atoms with Crippen LogP contribution in [0.15, 0.2) is 29.8 Å². The van der Waals surface area contributed by atoms with Gasteiger partial charge in [0.2, 0.25) is 17.7 Å². The molecule has 1 fully saturated rings. The number of aryl methyl sites for hydroxylation is 1. The van der Waals surface area contributed by atoms with Gasteiger partial charge in [-0.25, -0.2) is 4.98 Å². The highest BCUT2D eigenvalue weighted by Gasteiger charge is 2.44. The number of carbonyl (C=O) groups is 3. The number of nitrogens with one attached hydrogen (secondary N) is 2. The van der Waals surface area contributed by atoms with Crippen LogP contribution in [0.25, 0.3) is 10.4 Å². The van der Waals surface area contributed by atoms with Crippen molar-refractivity contribution in [3.8, 4) is 10.4 Å². The van der Waals surface area contributed by atoms with Crippen molar-refractivity contribution in [2.45, 2.75) is 91.0 Å². The van der Waals surface area contributed by atoms with E-state index < -0.39 is 23.6 Å². The van der Waals surface area contributed by atoms with Gasteiger partial charge in [0.1, 0.15) is 12.1 Å². The maximum atomic E-state index is 13.7. The number of hydrogen-bond acceptors (Lipinski definition) is 7. The number of aliphatic hydroxyl groups excluding tert-OH is 1. The van der Waals surface area contributed by atoms with E-state index in [-0.39, 0.29) is 49.1 Å². The molecule has 5 N–H and O–H groups in total. The van der Waals surface area contributed by atoms with Crippen molar-refractivity contribution in [3.05, 3.63) is 41.0 Å². The first-order valence-corrected chi connectivity index (χ1v) is 14.6. The summed E-state index contributed by atoms with van der Waals surface area (Å²) < 4.78 is 0. The summed E-state index contributed by atoms with van der Waals surface area (Å²) in [6, 6.07) is 6.05. The van der Waals surface area contributed by atoms with Crippen LogP contribution in [0.4, 0.5) is 0 Å². The maximum Gasteiger partial charge on any atom is 0.246 e. The fourth-order valence-corrected chi connectivity index (χ4v) is 5.67. The summed E-state index contributed by atoms with van der Waals surface area (Å²) in [4.78, 5) is 46.5. The van der Waals surface area contributed by atoms with Crippen LogP contribution in [0.1, 0.15) is 77.1 Å². The number of nitrogens with zero attached hydrogens (tertiary/aromatic N) is 2. The Morgan fingerprint density at radius 1 is 1.15 bits per heavy atom. The number of likely N-dealkylation sites (tertiary alicyclic amines) is 1. The Balaban J connectivity index is 0.00000560. The molecule has 9 nitrogen and oxygen atoms in total. The van der Waals surface area contributed by atoms with Crippen molar-refractivity contribution in [3.63, 3.8) is 0 Å². The van der Waals surface area contributed by atoms with E-state index in [2.05, 4.69) is 15.6 Å². The minimum absolute atomic E-state index is 0. The number of aliphatic hydroxyl groups is 1. The van der Waals surface area contributed by atoms with Gasteiger partial charge in [0, 0.05) is 19.4 Å². The average Bonchev–Trinajstić information content (AvgIpc) is 3.49. The summed E-state index contributed by atoms with van der Waals surface area (Å²) in [6.45, 7) is 10.1. The zero-order chi connectivity index (χ0) is 28.7. The van der Waals surface area contributed by atoms with Crippen molar-refractivity contribution < 1.29 is 19.5 Å². The molecule has 3 amide bonds. The van der Waals surface area contributed by atoms with Crippen LogP contribution in [-0.4, -0.2) is 64.0 Å². The van der Waals surface area contributed by atoms with E-state index in [4.69, 9.17) is 5.73 Å². The van der Waals surface area contributed by atoms with Gasteiger partial charge >= 0.3 is 0 Å². The van der Waals surface area contributed by atoms with Gasteiger partial charge in [-0.2, -0.15) is 0 Å². The summed E-state index contributed by atoms with van der Waals surface area (Å²) in [5, 5.41) is 16.3. The van der Waals surface area contributed by atoms with E-state index >= 15 is 0 Å². The fourth-order valence-electron chi connectivity index (χ4n) is 4.86. The molecule has 3 rings (SSSR count). The first kappa shape index (κ1) is 33.7. The second-order valence-corrected chi connectivity index (χ2v) is 12.3. The fraction of sp³-hybridized carbons (Fsp3) is 0.586. The lowest BCUT2D eigenvalue weighted by atomic mass is 9.85. The Morgan fingerprint density at radius 2 is 1.82 bits per heavy atom. The Labute approximate surface area is 247 Å². The van der Waals surface area contributed by atoms with Crippen LogP contribution in [-0.2, 0) is 14.4 Å². The summed E-state index contributed by atoms with van der Waals surface area (Å²) in [7, 11) is 0. The lowest BCUT2D eigenvalue weighted by Gasteiger charge is -2.35. The largest absolute Gasteiger partial charge is 0.391 e. The van der Waals surface area contributed by atoms with E-state index in [1.165, 1.54) is 4.90 Å². The Bertz CT molecular complexity index is 1130. The number of rotatable bonds is 11. The summed E-state index contributed by atoms with van der Waals surface area (Å²) in [6.07, 6.45) is 2.05. The highest BCUT2D eigenvalue weighted by molar-refractivity contribution is 7.13. The van der Waals surface area contributed by atoms with Crippen molar-refractivity contribution in [2.24, 2.45) is 11.1 Å². The molecule has 2 heterocycles. The molecule has 0 bridgehead atoms. The van der Waals surface area contributed by atoms with Crippen LogP contribution >= 0.6 is 23.7 Å². The van der Waals surface area contributed by atoms with Gasteiger partial charge in [-0.05, 0) is 49.8 Å². The summed E-state index contributed by atoms with van der Waals surface area (Å²) >= 11 is 1.59. The molecule has 0 aliphatic carbocycles. The lowest BCUT2D eigenvalue weighted by molar-refractivity contribution is -0.144. The monoisotopic (exact) mass is 593 g/mol. The molecular formula is C29H44ClN5O4S. The van der Waals surface area contributed by atoms with Gasteiger partial charge in [0.15, 0.2) is 0 Å². The second-order valence-electron chi connectivity index (χ2n) is 11.5. The SMILES string of the molecule is Cc1ncsc1-c1ccc(C(C)NC(=O)[C@@H]2C[C@@H](O)CN2C(=O)C(NC(=O)CCCCCN)C(C)(C)C)cc1.Cl. The molecule has 40 heavy (non-hydrogen) atoms. The standard InChI is InChI=1S/C29H43N5O4S.ClH/c1-18(20-10-12-21(13-11-20)25-19(2)31-17-39-25)32-27(37)23-15-22(35)16-34(23)28(38)26(29(3,4)5)33-24(36)9-7-6-8-14-30;/h10-13,17-18,22-23,26,35H,6-9,14-16,30H2,1-5H3,(H,32,37)(H,33,36);1H/t18?,22-,23+,26?;/m1./s1. The minimum atomic E-state index is -0.819. The number of benzene rings is 1. The molecule has 222 valence electrons. The number of thiazole rings is 1. The van der Waals surface area contributed by atoms with Crippen molar-refractivity contribution >= 4 is 41.5 Å². The summed E-state index contributed by atoms with van der Waals surface area (Å²) in [5.41, 5.74) is 9.76. The van der Waals surface area contributed by atoms with E-state index in [1.54, 1.807) is 11.3 Å². The van der Waals surface area contributed by atoms with E-state index in [0.717, 1.165) is 34.5 Å². The van der Waals surface area contributed by atoms with Gasteiger partial charge in [-0.15, -0.1) is 23.7 Å². The number of amides is 3. The molecule has 1 aliphatic rings. The normalized spacial score (nSPS) is 18.5. The molecule has 1 saturated heterocycles. The number of carbonyl (C=O) groups excluding carboxylic acids is 3. The molecular weight excluding hydrogens is 550 g/mol. The van der Waals surface area contributed by atoms with E-state index in [9.17, 15) is 19.5 Å². The Hall–Kier alpha value is -2.53.